The van der Waals surface area contributed by atoms with Crippen molar-refractivity contribution in [3.8, 4) is 5.75 Å². The fraction of sp³-hybridized carbons (Fsp3) is 0.158. The molecule has 128 valence electrons. The van der Waals surface area contributed by atoms with Gasteiger partial charge < -0.3 is 4.74 Å². The van der Waals surface area contributed by atoms with E-state index in [-0.39, 0.29) is 11.5 Å². The Morgan fingerprint density at radius 3 is 2.44 bits per heavy atom. The molecule has 1 unspecified atom stereocenters. The molecule has 2 aromatic carbocycles. The molecule has 2 aromatic rings. The van der Waals surface area contributed by atoms with E-state index in [2.05, 4.69) is 13.2 Å². The first-order valence-corrected chi connectivity index (χ1v) is 9.04. The smallest absolute Gasteiger partial charge is 0.297 e. The van der Waals surface area contributed by atoms with Crippen LogP contribution in [0.2, 0.25) is 0 Å². The summed E-state index contributed by atoms with van der Waals surface area (Å²) in [6.45, 7) is 9.03. The minimum Gasteiger partial charge on any atom is -0.484 e. The third-order valence-electron chi connectivity index (χ3n) is 3.53. The van der Waals surface area contributed by atoms with Gasteiger partial charge in [0, 0.05) is 5.56 Å². The normalized spacial score (nSPS) is 12.4. The highest BCUT2D eigenvalue weighted by molar-refractivity contribution is 7.86. The van der Waals surface area contributed by atoms with Gasteiger partial charge in [-0.15, -0.1) is 0 Å². The zero-order valence-electron chi connectivity index (χ0n) is 14.0. The molecular weight excluding hydrogens is 335 g/mol. The van der Waals surface area contributed by atoms with Crippen LogP contribution < -0.4 is 10.2 Å². The second-order valence-corrected chi connectivity index (χ2v) is 7.03. The van der Waals surface area contributed by atoms with Crippen molar-refractivity contribution in [2.45, 2.75) is 17.9 Å². The molecule has 0 bridgehead atoms. The van der Waals surface area contributed by atoms with E-state index in [0.717, 1.165) is 5.56 Å². The van der Waals surface area contributed by atoms with Crippen LogP contribution in [0.25, 0.3) is 6.08 Å². The van der Waals surface area contributed by atoms with E-state index in [9.17, 15) is 8.42 Å². The minimum absolute atomic E-state index is 0.0897. The predicted molar refractivity (Wildman–Crippen MR) is 101 cm³/mol. The largest absolute Gasteiger partial charge is 0.484 e. The molecule has 0 N–H and O–H groups in total. The van der Waals surface area contributed by atoms with Crippen LogP contribution in [0.5, 0.6) is 5.75 Å². The molecule has 0 aliphatic heterocycles. The summed E-state index contributed by atoms with van der Waals surface area (Å²) in [5, 5.41) is 0. The van der Waals surface area contributed by atoms with Crippen molar-refractivity contribution < 1.29 is 17.3 Å². The number of hydrogen-bond donors (Lipinski definition) is 0. The molecule has 2 rings (SSSR count). The van der Waals surface area contributed by atoms with Crippen molar-refractivity contribution >= 4 is 29.5 Å². The van der Waals surface area contributed by atoms with Crippen LogP contribution >= 0.6 is 0 Å². The van der Waals surface area contributed by atoms with Gasteiger partial charge in [0.05, 0.1) is 4.90 Å². The average Bonchev–Trinajstić information content (AvgIpc) is 2.60. The first kappa shape index (κ1) is 19.0. The molecule has 1 atom stereocenters. The van der Waals surface area contributed by atoms with Crippen molar-refractivity contribution in [3.63, 3.8) is 0 Å². The predicted octanol–water partition coefficient (Wildman–Crippen LogP) is 2.77. The number of aryl methyl sites for hydroxylation is 1. The number of hydrogen-bond acceptors (Lipinski definition) is 4. The van der Waals surface area contributed by atoms with Gasteiger partial charge in [0.15, 0.2) is 0 Å². The molecule has 0 aromatic heterocycles. The summed E-state index contributed by atoms with van der Waals surface area (Å²) in [6, 6.07) is 11.7. The quantitative estimate of drug-likeness (QED) is 0.416. The van der Waals surface area contributed by atoms with Gasteiger partial charge in [0.2, 0.25) is 0 Å². The first-order valence-electron chi connectivity index (χ1n) is 7.63. The van der Waals surface area contributed by atoms with E-state index >= 15 is 0 Å². The van der Waals surface area contributed by atoms with Gasteiger partial charge in [-0.2, -0.15) is 8.42 Å². The van der Waals surface area contributed by atoms with E-state index in [1.165, 1.54) is 18.2 Å². The second kappa shape index (κ2) is 8.18. The van der Waals surface area contributed by atoms with E-state index in [4.69, 9.17) is 16.8 Å². The minimum atomic E-state index is -3.88. The summed E-state index contributed by atoms with van der Waals surface area (Å²) in [5.41, 5.74) is 2.08. The molecule has 0 amide bonds. The Labute approximate surface area is 150 Å². The number of para-hydroxylation sites is 1. The van der Waals surface area contributed by atoms with Crippen molar-refractivity contribution in [3.05, 3.63) is 72.8 Å². The van der Waals surface area contributed by atoms with E-state index < -0.39 is 16.2 Å². The van der Waals surface area contributed by atoms with Gasteiger partial charge in [-0.1, -0.05) is 60.6 Å². The van der Waals surface area contributed by atoms with Gasteiger partial charge in [-0.05, 0) is 25.1 Å². The summed E-state index contributed by atoms with van der Waals surface area (Å²) in [7, 11) is 2.04. The molecule has 6 heteroatoms. The average molecular weight is 354 g/mol. The maximum atomic E-state index is 12.3. The number of benzene rings is 2. The molecule has 4 nitrogen and oxygen atoms in total. The summed E-state index contributed by atoms with van der Waals surface area (Å²) < 4.78 is 35.4. The Kier molecular flexibility index (Phi) is 6.23. The molecular formula is C19H19BO4S. The van der Waals surface area contributed by atoms with Crippen LogP contribution in [0, 0.1) is 6.92 Å². The molecule has 0 spiro atoms. The van der Waals surface area contributed by atoms with Crippen molar-refractivity contribution in [2.75, 3.05) is 6.61 Å². The topological polar surface area (TPSA) is 52.6 Å². The molecule has 0 fully saturated rings. The first-order chi connectivity index (χ1) is 11.9. The molecule has 25 heavy (non-hydrogen) atoms. The lowest BCUT2D eigenvalue weighted by Crippen LogP contribution is -2.25. The molecule has 0 saturated heterocycles. The lowest BCUT2D eigenvalue weighted by molar-refractivity contribution is 0.169. The van der Waals surface area contributed by atoms with E-state index in [1.54, 1.807) is 36.4 Å². The Balaban J connectivity index is 2.12. The summed E-state index contributed by atoms with van der Waals surface area (Å²) >= 11 is 0. The lowest BCUT2D eigenvalue weighted by Gasteiger charge is -2.19. The van der Waals surface area contributed by atoms with E-state index in [0.29, 0.717) is 16.8 Å². The van der Waals surface area contributed by atoms with Crippen LogP contribution in [0.15, 0.2) is 66.6 Å². The van der Waals surface area contributed by atoms with Gasteiger partial charge in [0.25, 0.3) is 10.1 Å². The standard InChI is InChI=1S/C19H19BO4S/c1-4-15-7-6-8-18(20)19(15)24-16(5-2)13-23-25(21,22)17-11-9-14(3)10-12-17/h4-12,16H,1-2,13H2,3H3. The monoisotopic (exact) mass is 354 g/mol. The van der Waals surface area contributed by atoms with E-state index in [1.807, 2.05) is 6.92 Å². The van der Waals surface area contributed by atoms with Crippen molar-refractivity contribution in [1.29, 1.82) is 0 Å². The van der Waals surface area contributed by atoms with Gasteiger partial charge >= 0.3 is 0 Å². The fourth-order valence-electron chi connectivity index (χ4n) is 2.10. The molecule has 0 heterocycles. The van der Waals surface area contributed by atoms with Crippen LogP contribution in [0.4, 0.5) is 0 Å². The number of rotatable bonds is 8. The summed E-state index contributed by atoms with van der Waals surface area (Å²) in [4.78, 5) is 0.0897. The van der Waals surface area contributed by atoms with Crippen LogP contribution in [-0.2, 0) is 14.3 Å². The maximum absolute atomic E-state index is 12.3. The Hall–Kier alpha value is -2.31. The molecule has 0 aliphatic rings. The Morgan fingerprint density at radius 1 is 1.16 bits per heavy atom. The molecule has 2 radical (unpaired) electrons. The molecule has 0 saturated carbocycles. The van der Waals surface area contributed by atoms with Crippen LogP contribution in [-0.4, -0.2) is 29.0 Å². The SMILES string of the molecule is [B]c1cccc(C=C)c1OC(C=C)COS(=O)(=O)c1ccc(C)cc1. The van der Waals surface area contributed by atoms with Gasteiger partial charge in [-0.3, -0.25) is 4.18 Å². The third-order valence-corrected chi connectivity index (χ3v) is 4.82. The van der Waals surface area contributed by atoms with Gasteiger partial charge in [-0.25, -0.2) is 0 Å². The highest BCUT2D eigenvalue weighted by Crippen LogP contribution is 2.19. The second-order valence-electron chi connectivity index (χ2n) is 5.41. The third kappa shape index (κ3) is 4.84. The summed E-state index contributed by atoms with van der Waals surface area (Å²) in [5.74, 6) is 0.415. The zero-order chi connectivity index (χ0) is 18.4. The lowest BCUT2D eigenvalue weighted by atomic mass is 9.92. The van der Waals surface area contributed by atoms with Crippen molar-refractivity contribution in [2.24, 2.45) is 0 Å². The highest BCUT2D eigenvalue weighted by Gasteiger charge is 2.19. The maximum Gasteiger partial charge on any atom is 0.297 e. The zero-order valence-corrected chi connectivity index (χ0v) is 14.8. The van der Waals surface area contributed by atoms with Gasteiger partial charge in [0.1, 0.15) is 26.3 Å². The van der Waals surface area contributed by atoms with Crippen LogP contribution in [0.3, 0.4) is 0 Å². The van der Waals surface area contributed by atoms with Crippen LogP contribution in [0.1, 0.15) is 11.1 Å². The van der Waals surface area contributed by atoms with Crippen molar-refractivity contribution in [1.82, 2.24) is 0 Å². The number of ether oxygens (including phenoxy) is 1. The summed E-state index contributed by atoms with van der Waals surface area (Å²) in [6.07, 6.45) is 2.38. The Morgan fingerprint density at radius 2 is 1.84 bits per heavy atom. The Bertz CT molecular complexity index is 857. The molecule has 0 aliphatic carbocycles. The highest BCUT2D eigenvalue weighted by atomic mass is 32.2. The fourth-order valence-corrected chi connectivity index (χ4v) is 3.02.